The first kappa shape index (κ1) is 17.6. The zero-order valence-electron chi connectivity index (χ0n) is 12.1. The SMILES string of the molecule is CS(=O)(=O)CC[C@H](NC(=O)c1csc(-c2cccs2)n1)C(=O)O. The Morgan fingerprint density at radius 1 is 1.39 bits per heavy atom. The maximum Gasteiger partial charge on any atom is 0.326 e. The Bertz CT molecular complexity index is 795. The number of carboxylic acid groups (broad SMARTS) is 1. The summed E-state index contributed by atoms with van der Waals surface area (Å²) in [6.07, 6.45) is 0.823. The van der Waals surface area contributed by atoms with Crippen molar-refractivity contribution in [3.8, 4) is 9.88 Å². The molecule has 23 heavy (non-hydrogen) atoms. The second kappa shape index (κ2) is 7.20. The summed E-state index contributed by atoms with van der Waals surface area (Å²) in [6.45, 7) is 0. The van der Waals surface area contributed by atoms with Crippen LogP contribution in [-0.4, -0.2) is 48.4 Å². The lowest BCUT2D eigenvalue weighted by Gasteiger charge is -2.12. The molecule has 2 aromatic rings. The molecule has 2 N–H and O–H groups in total. The van der Waals surface area contributed by atoms with Crippen LogP contribution >= 0.6 is 22.7 Å². The van der Waals surface area contributed by atoms with E-state index in [4.69, 9.17) is 5.11 Å². The summed E-state index contributed by atoms with van der Waals surface area (Å²) in [6, 6.07) is 2.47. The van der Waals surface area contributed by atoms with Gasteiger partial charge in [0.1, 0.15) is 26.6 Å². The number of carboxylic acids is 1. The molecule has 2 heterocycles. The van der Waals surface area contributed by atoms with Gasteiger partial charge in [0.2, 0.25) is 0 Å². The molecule has 0 saturated heterocycles. The molecule has 1 amide bonds. The highest BCUT2D eigenvalue weighted by Gasteiger charge is 2.23. The van der Waals surface area contributed by atoms with Gasteiger partial charge in [-0.3, -0.25) is 4.79 Å². The van der Waals surface area contributed by atoms with Crippen LogP contribution in [0.3, 0.4) is 0 Å². The third-order valence-corrected chi connectivity index (χ3v) is 5.71. The molecule has 7 nitrogen and oxygen atoms in total. The number of sulfone groups is 1. The Morgan fingerprint density at radius 3 is 2.70 bits per heavy atom. The van der Waals surface area contributed by atoms with Crippen LogP contribution in [0.25, 0.3) is 9.88 Å². The number of hydrogen-bond acceptors (Lipinski definition) is 7. The van der Waals surface area contributed by atoms with Crippen molar-refractivity contribution in [3.63, 3.8) is 0 Å². The second-order valence-electron chi connectivity index (χ2n) is 4.80. The highest BCUT2D eigenvalue weighted by Crippen LogP contribution is 2.27. The van der Waals surface area contributed by atoms with Gasteiger partial charge in [-0.15, -0.1) is 22.7 Å². The lowest BCUT2D eigenvalue weighted by Crippen LogP contribution is -2.42. The summed E-state index contributed by atoms with van der Waals surface area (Å²) in [4.78, 5) is 28.3. The van der Waals surface area contributed by atoms with Gasteiger partial charge >= 0.3 is 5.97 Å². The molecule has 2 rings (SSSR count). The van der Waals surface area contributed by atoms with Crippen molar-refractivity contribution in [3.05, 3.63) is 28.6 Å². The molecule has 124 valence electrons. The van der Waals surface area contributed by atoms with Crippen molar-refractivity contribution in [2.45, 2.75) is 12.5 Å². The molecule has 0 aliphatic heterocycles. The van der Waals surface area contributed by atoms with E-state index in [1.54, 1.807) is 5.38 Å². The Hall–Kier alpha value is -1.78. The average Bonchev–Trinajstić information content (AvgIpc) is 3.11. The van der Waals surface area contributed by atoms with Crippen molar-refractivity contribution in [2.24, 2.45) is 0 Å². The van der Waals surface area contributed by atoms with E-state index in [1.165, 1.54) is 22.7 Å². The monoisotopic (exact) mass is 374 g/mol. The fraction of sp³-hybridized carbons (Fsp3) is 0.308. The van der Waals surface area contributed by atoms with Crippen LogP contribution in [-0.2, 0) is 14.6 Å². The van der Waals surface area contributed by atoms with E-state index in [0.29, 0.717) is 5.01 Å². The van der Waals surface area contributed by atoms with Crippen molar-refractivity contribution in [1.29, 1.82) is 0 Å². The molecule has 0 spiro atoms. The van der Waals surface area contributed by atoms with Crippen LogP contribution in [0.15, 0.2) is 22.9 Å². The molecule has 0 aliphatic carbocycles. The van der Waals surface area contributed by atoms with Gasteiger partial charge in [-0.05, 0) is 17.9 Å². The lowest BCUT2D eigenvalue weighted by molar-refractivity contribution is -0.139. The summed E-state index contributed by atoms with van der Waals surface area (Å²) in [5.74, 6) is -2.23. The van der Waals surface area contributed by atoms with Crippen LogP contribution in [0.2, 0.25) is 0 Å². The molecule has 0 saturated carbocycles. The number of thiophene rings is 1. The van der Waals surface area contributed by atoms with E-state index in [0.717, 1.165) is 11.1 Å². The number of thiazole rings is 1. The van der Waals surface area contributed by atoms with E-state index in [-0.39, 0.29) is 17.9 Å². The number of nitrogens with zero attached hydrogens (tertiary/aromatic N) is 1. The van der Waals surface area contributed by atoms with E-state index in [2.05, 4.69) is 10.3 Å². The minimum atomic E-state index is -3.31. The molecule has 0 unspecified atom stereocenters. The fourth-order valence-electron chi connectivity index (χ4n) is 1.71. The van der Waals surface area contributed by atoms with Gasteiger partial charge in [-0.1, -0.05) is 6.07 Å². The third kappa shape index (κ3) is 5.12. The fourth-order valence-corrected chi connectivity index (χ4v) is 3.99. The van der Waals surface area contributed by atoms with E-state index < -0.39 is 27.8 Å². The zero-order chi connectivity index (χ0) is 17.0. The normalized spacial score (nSPS) is 12.7. The van der Waals surface area contributed by atoms with E-state index >= 15 is 0 Å². The second-order valence-corrected chi connectivity index (χ2v) is 8.86. The number of carbonyl (C=O) groups is 2. The Morgan fingerprint density at radius 2 is 2.13 bits per heavy atom. The molecule has 2 aromatic heterocycles. The summed E-state index contributed by atoms with van der Waals surface area (Å²) in [5, 5.41) is 15.5. The molecule has 0 bridgehead atoms. The standard InChI is InChI=1S/C13H14N2O5S3/c1-23(19,20)6-4-8(13(17)18)14-11(16)9-7-22-12(15-9)10-3-2-5-21-10/h2-3,5,7-8H,4,6H2,1H3,(H,14,16)(H,17,18)/t8-/m0/s1. The summed E-state index contributed by atoms with van der Waals surface area (Å²) in [5.41, 5.74) is 0.115. The van der Waals surface area contributed by atoms with Gasteiger partial charge < -0.3 is 10.4 Å². The van der Waals surface area contributed by atoms with Crippen molar-refractivity contribution in [2.75, 3.05) is 12.0 Å². The minimum absolute atomic E-state index is 0.115. The molecule has 0 fully saturated rings. The lowest BCUT2D eigenvalue weighted by atomic mass is 10.2. The van der Waals surface area contributed by atoms with E-state index in [9.17, 15) is 18.0 Å². The predicted octanol–water partition coefficient (Wildman–Crippen LogP) is 1.49. The largest absolute Gasteiger partial charge is 0.480 e. The number of aromatic nitrogens is 1. The predicted molar refractivity (Wildman–Crippen MR) is 88.6 cm³/mol. The average molecular weight is 374 g/mol. The number of rotatable bonds is 7. The van der Waals surface area contributed by atoms with Crippen LogP contribution in [0.4, 0.5) is 0 Å². The first-order valence-electron chi connectivity index (χ1n) is 6.47. The van der Waals surface area contributed by atoms with Crippen LogP contribution in [0.5, 0.6) is 0 Å². The third-order valence-electron chi connectivity index (χ3n) is 2.85. The summed E-state index contributed by atoms with van der Waals surface area (Å²) in [7, 11) is -3.31. The molecular weight excluding hydrogens is 360 g/mol. The zero-order valence-corrected chi connectivity index (χ0v) is 14.5. The Kier molecular flexibility index (Phi) is 5.50. The van der Waals surface area contributed by atoms with Gasteiger partial charge in [0.15, 0.2) is 0 Å². The smallest absolute Gasteiger partial charge is 0.326 e. The van der Waals surface area contributed by atoms with Crippen LogP contribution < -0.4 is 5.32 Å². The van der Waals surface area contributed by atoms with Gasteiger partial charge in [0.25, 0.3) is 5.91 Å². The highest BCUT2D eigenvalue weighted by molar-refractivity contribution is 7.90. The highest BCUT2D eigenvalue weighted by atomic mass is 32.2. The topological polar surface area (TPSA) is 113 Å². The number of aliphatic carboxylic acids is 1. The summed E-state index contributed by atoms with van der Waals surface area (Å²) >= 11 is 2.77. The molecule has 1 atom stereocenters. The maximum atomic E-state index is 12.1. The molecule has 0 aromatic carbocycles. The van der Waals surface area contributed by atoms with Gasteiger partial charge in [-0.2, -0.15) is 0 Å². The molecule has 10 heteroatoms. The molecular formula is C13H14N2O5S3. The first-order chi connectivity index (χ1) is 10.8. The minimum Gasteiger partial charge on any atom is -0.480 e. The number of carbonyl (C=O) groups excluding carboxylic acids is 1. The van der Waals surface area contributed by atoms with Crippen molar-refractivity contribution in [1.82, 2.24) is 10.3 Å². The number of hydrogen-bond donors (Lipinski definition) is 2. The summed E-state index contributed by atoms with van der Waals surface area (Å²) < 4.78 is 22.3. The molecule has 0 aliphatic rings. The molecule has 0 radical (unpaired) electrons. The maximum absolute atomic E-state index is 12.1. The van der Waals surface area contributed by atoms with Gasteiger partial charge in [0, 0.05) is 11.6 Å². The first-order valence-corrected chi connectivity index (χ1v) is 10.3. The number of amides is 1. The number of nitrogens with one attached hydrogen (secondary N) is 1. The van der Waals surface area contributed by atoms with Gasteiger partial charge in [0.05, 0.1) is 10.6 Å². The van der Waals surface area contributed by atoms with Crippen molar-refractivity contribution < 1.29 is 23.1 Å². The van der Waals surface area contributed by atoms with Crippen LogP contribution in [0.1, 0.15) is 16.9 Å². The van der Waals surface area contributed by atoms with Crippen molar-refractivity contribution >= 4 is 44.4 Å². The quantitative estimate of drug-likeness (QED) is 0.759. The van der Waals surface area contributed by atoms with E-state index in [1.807, 2.05) is 17.5 Å². The van der Waals surface area contributed by atoms with Gasteiger partial charge in [-0.25, -0.2) is 18.2 Å². The Labute approximate surface area is 140 Å². The van der Waals surface area contributed by atoms with Crippen LogP contribution in [0, 0.1) is 0 Å². The Balaban J connectivity index is 2.05.